The summed E-state index contributed by atoms with van der Waals surface area (Å²) in [4.78, 5) is 12.6. The molecule has 0 spiro atoms. The molecule has 0 aliphatic heterocycles. The molecule has 2 aromatic carbocycles. The number of carbonyl (C=O) groups is 1. The number of carbonyl (C=O) groups excluding carboxylic acids is 1. The number of nitrogens with one attached hydrogen (secondary N) is 1. The normalized spacial score (nSPS) is 10.4. The van der Waals surface area contributed by atoms with Crippen LogP contribution in [0.1, 0.15) is 15.9 Å². The second kappa shape index (κ2) is 10.4. The smallest absolute Gasteiger partial charge is 0.387 e. The van der Waals surface area contributed by atoms with Gasteiger partial charge < -0.3 is 29.0 Å². The maximum atomic E-state index is 12.6. The molecule has 0 heterocycles. The molecule has 158 valence electrons. The highest BCUT2D eigenvalue weighted by Gasteiger charge is 2.18. The molecule has 0 bridgehead atoms. The standard InChI is InChI=1S/C20H23F2NO6/c1-25-14-6-5-12(9-18(14)29-20(21)22)7-8-23-19(24)13-10-16(27-3)17(28-4)11-15(13)26-2/h5-6,9-11,20H,7-8H2,1-4H3,(H,23,24). The minimum atomic E-state index is -2.96. The van der Waals surface area contributed by atoms with Gasteiger partial charge in [0.1, 0.15) is 5.75 Å². The van der Waals surface area contributed by atoms with Gasteiger partial charge >= 0.3 is 6.61 Å². The van der Waals surface area contributed by atoms with Crippen molar-refractivity contribution in [2.75, 3.05) is 35.0 Å². The van der Waals surface area contributed by atoms with Crippen molar-refractivity contribution in [1.82, 2.24) is 5.32 Å². The van der Waals surface area contributed by atoms with Crippen molar-refractivity contribution in [3.05, 3.63) is 41.5 Å². The van der Waals surface area contributed by atoms with Crippen LogP contribution in [0, 0.1) is 0 Å². The highest BCUT2D eigenvalue weighted by molar-refractivity contribution is 5.97. The average molecular weight is 411 g/mol. The van der Waals surface area contributed by atoms with Crippen LogP contribution < -0.4 is 29.0 Å². The summed E-state index contributed by atoms with van der Waals surface area (Å²) in [5.41, 5.74) is 0.975. The lowest BCUT2D eigenvalue weighted by atomic mass is 10.1. The fraction of sp³-hybridized carbons (Fsp3) is 0.350. The molecule has 0 aromatic heterocycles. The van der Waals surface area contributed by atoms with Gasteiger partial charge in [0.2, 0.25) is 0 Å². The summed E-state index contributed by atoms with van der Waals surface area (Å²) < 4.78 is 50.2. The zero-order valence-electron chi connectivity index (χ0n) is 16.6. The van der Waals surface area contributed by atoms with Gasteiger partial charge in [0.15, 0.2) is 23.0 Å². The zero-order valence-corrected chi connectivity index (χ0v) is 16.6. The number of rotatable bonds is 10. The maximum absolute atomic E-state index is 12.6. The van der Waals surface area contributed by atoms with Gasteiger partial charge in [-0.05, 0) is 24.1 Å². The van der Waals surface area contributed by atoms with Gasteiger partial charge in [-0.3, -0.25) is 4.79 Å². The summed E-state index contributed by atoms with van der Waals surface area (Å²) in [7, 11) is 5.76. The van der Waals surface area contributed by atoms with Gasteiger partial charge in [0.05, 0.1) is 34.0 Å². The minimum absolute atomic E-state index is 0.0621. The van der Waals surface area contributed by atoms with Crippen LogP contribution in [0.25, 0.3) is 0 Å². The summed E-state index contributed by atoms with van der Waals surface area (Å²) in [6.07, 6.45) is 0.394. The van der Waals surface area contributed by atoms with Crippen LogP contribution in [0.15, 0.2) is 30.3 Å². The van der Waals surface area contributed by atoms with Crippen molar-refractivity contribution < 1.29 is 37.3 Å². The SMILES string of the molecule is COc1cc(OC)c(C(=O)NCCc2ccc(OC)c(OC(F)F)c2)cc1OC. The van der Waals surface area contributed by atoms with E-state index in [-0.39, 0.29) is 29.5 Å². The van der Waals surface area contributed by atoms with Gasteiger partial charge in [-0.25, -0.2) is 0 Å². The Morgan fingerprint density at radius 1 is 0.862 bits per heavy atom. The summed E-state index contributed by atoms with van der Waals surface area (Å²) in [6, 6.07) is 7.78. The van der Waals surface area contributed by atoms with E-state index in [1.54, 1.807) is 12.1 Å². The summed E-state index contributed by atoms with van der Waals surface area (Å²) in [5, 5.41) is 2.76. The van der Waals surface area contributed by atoms with Crippen LogP contribution in [0.2, 0.25) is 0 Å². The third-order valence-electron chi connectivity index (χ3n) is 4.09. The van der Waals surface area contributed by atoms with Crippen LogP contribution in [0.5, 0.6) is 28.7 Å². The molecule has 0 radical (unpaired) electrons. The predicted octanol–water partition coefficient (Wildman–Crippen LogP) is 3.29. The monoisotopic (exact) mass is 411 g/mol. The van der Waals surface area contributed by atoms with E-state index >= 15 is 0 Å². The topological polar surface area (TPSA) is 75.3 Å². The molecule has 0 aliphatic carbocycles. The van der Waals surface area contributed by atoms with Gasteiger partial charge in [0.25, 0.3) is 5.91 Å². The van der Waals surface area contributed by atoms with Gasteiger partial charge in [-0.2, -0.15) is 8.78 Å². The molecular formula is C20H23F2NO6. The number of hydrogen-bond donors (Lipinski definition) is 1. The number of methoxy groups -OCH3 is 4. The Labute approximate surface area is 167 Å². The Morgan fingerprint density at radius 3 is 2.07 bits per heavy atom. The third-order valence-corrected chi connectivity index (χ3v) is 4.09. The van der Waals surface area contributed by atoms with E-state index in [2.05, 4.69) is 10.1 Å². The first-order valence-electron chi connectivity index (χ1n) is 8.63. The number of hydrogen-bond acceptors (Lipinski definition) is 6. The molecule has 2 aromatic rings. The fourth-order valence-corrected chi connectivity index (χ4v) is 2.69. The molecule has 1 amide bonds. The molecule has 0 saturated heterocycles. The zero-order chi connectivity index (χ0) is 21.4. The first-order valence-corrected chi connectivity index (χ1v) is 8.63. The lowest BCUT2D eigenvalue weighted by molar-refractivity contribution is -0.0512. The van der Waals surface area contributed by atoms with Crippen molar-refractivity contribution >= 4 is 5.91 Å². The number of halogens is 2. The van der Waals surface area contributed by atoms with E-state index in [1.165, 1.54) is 46.6 Å². The lowest BCUT2D eigenvalue weighted by Gasteiger charge is -2.14. The number of amides is 1. The van der Waals surface area contributed by atoms with Gasteiger partial charge in [0, 0.05) is 18.7 Å². The molecule has 1 N–H and O–H groups in total. The van der Waals surface area contributed by atoms with Crippen molar-refractivity contribution in [2.24, 2.45) is 0 Å². The average Bonchev–Trinajstić information content (AvgIpc) is 2.72. The summed E-state index contributed by atoms with van der Waals surface area (Å²) >= 11 is 0. The molecule has 0 saturated carbocycles. The van der Waals surface area contributed by atoms with E-state index < -0.39 is 6.61 Å². The third kappa shape index (κ3) is 5.63. The van der Waals surface area contributed by atoms with Crippen LogP contribution >= 0.6 is 0 Å². The minimum Gasteiger partial charge on any atom is -0.496 e. The predicted molar refractivity (Wildman–Crippen MR) is 102 cm³/mol. The Morgan fingerprint density at radius 2 is 1.48 bits per heavy atom. The molecule has 29 heavy (non-hydrogen) atoms. The highest BCUT2D eigenvalue weighted by Crippen LogP contribution is 2.34. The van der Waals surface area contributed by atoms with Crippen LogP contribution in [-0.4, -0.2) is 47.5 Å². The Bertz CT molecular complexity index is 844. The highest BCUT2D eigenvalue weighted by atomic mass is 19.3. The number of ether oxygens (including phenoxy) is 5. The molecule has 0 fully saturated rings. The van der Waals surface area contributed by atoms with E-state index in [1.807, 2.05) is 0 Å². The van der Waals surface area contributed by atoms with Crippen LogP contribution in [0.4, 0.5) is 8.78 Å². The van der Waals surface area contributed by atoms with E-state index in [9.17, 15) is 13.6 Å². The van der Waals surface area contributed by atoms with E-state index in [0.717, 1.165) is 0 Å². The van der Waals surface area contributed by atoms with Crippen molar-refractivity contribution in [1.29, 1.82) is 0 Å². The van der Waals surface area contributed by atoms with Crippen LogP contribution in [0.3, 0.4) is 0 Å². The number of alkyl halides is 2. The quantitative estimate of drug-likeness (QED) is 0.647. The first kappa shape index (κ1) is 22.1. The lowest BCUT2D eigenvalue weighted by Crippen LogP contribution is -2.26. The maximum Gasteiger partial charge on any atom is 0.387 e. The summed E-state index contributed by atoms with van der Waals surface area (Å²) in [6.45, 7) is -2.70. The second-order valence-corrected chi connectivity index (χ2v) is 5.78. The van der Waals surface area contributed by atoms with E-state index in [0.29, 0.717) is 29.2 Å². The van der Waals surface area contributed by atoms with Crippen molar-refractivity contribution in [2.45, 2.75) is 13.0 Å². The molecular weight excluding hydrogens is 388 g/mol. The molecule has 2 rings (SSSR count). The molecule has 0 aliphatic rings. The molecule has 9 heteroatoms. The largest absolute Gasteiger partial charge is 0.496 e. The number of benzene rings is 2. The second-order valence-electron chi connectivity index (χ2n) is 5.78. The Balaban J connectivity index is 2.08. The Hall–Kier alpha value is -3.23. The van der Waals surface area contributed by atoms with Crippen molar-refractivity contribution in [3.8, 4) is 28.7 Å². The molecule has 0 atom stereocenters. The van der Waals surface area contributed by atoms with Gasteiger partial charge in [-0.1, -0.05) is 6.07 Å². The molecule has 0 unspecified atom stereocenters. The fourth-order valence-electron chi connectivity index (χ4n) is 2.69. The van der Waals surface area contributed by atoms with E-state index in [4.69, 9.17) is 18.9 Å². The first-order chi connectivity index (χ1) is 13.9. The summed E-state index contributed by atoms with van der Waals surface area (Å²) in [5.74, 6) is 0.923. The Kier molecular flexibility index (Phi) is 7.88. The van der Waals surface area contributed by atoms with Crippen molar-refractivity contribution in [3.63, 3.8) is 0 Å². The van der Waals surface area contributed by atoms with Crippen LogP contribution in [-0.2, 0) is 6.42 Å². The molecule has 7 nitrogen and oxygen atoms in total. The van der Waals surface area contributed by atoms with Gasteiger partial charge in [-0.15, -0.1) is 0 Å².